The summed E-state index contributed by atoms with van der Waals surface area (Å²) in [5.74, 6) is -1.62. The highest BCUT2D eigenvalue weighted by Gasteiger charge is 2.09. The second kappa shape index (κ2) is 3.95. The predicted molar refractivity (Wildman–Crippen MR) is 37.7 cm³/mol. The summed E-state index contributed by atoms with van der Waals surface area (Å²) < 4.78 is 4.32. The maximum absolute atomic E-state index is 10.4. The molecule has 0 aromatic carbocycles. The van der Waals surface area contributed by atoms with Crippen molar-refractivity contribution in [2.75, 3.05) is 0 Å². The van der Waals surface area contributed by atoms with Crippen LogP contribution in [-0.2, 0) is 9.53 Å². The van der Waals surface area contributed by atoms with Crippen LogP contribution in [0.4, 0.5) is 0 Å². The summed E-state index contributed by atoms with van der Waals surface area (Å²) in [5, 5.41) is 8.40. The number of alkyl halides is 1. The lowest BCUT2D eigenvalue weighted by atomic mass is 10.6. The highest BCUT2D eigenvalue weighted by Crippen LogP contribution is 2.01. The Morgan fingerprint density at radius 1 is 1.80 bits per heavy atom. The van der Waals surface area contributed by atoms with Crippen molar-refractivity contribution in [3.63, 3.8) is 0 Å². The van der Waals surface area contributed by atoms with Gasteiger partial charge in [-0.05, 0) is 12.7 Å². The fraction of sp³-hybridized carbons (Fsp3) is 0.167. The minimum absolute atomic E-state index is 0.674. The molecule has 0 heterocycles. The van der Waals surface area contributed by atoms with Crippen molar-refractivity contribution in [1.29, 1.82) is 0 Å². The summed E-state index contributed by atoms with van der Waals surface area (Å²) >= 11 is 5.29. The number of esters is 1. The van der Waals surface area contributed by atoms with Crippen molar-refractivity contribution >= 4 is 17.6 Å². The van der Waals surface area contributed by atoms with Crippen LogP contribution in [0.2, 0.25) is 0 Å². The molecule has 0 aliphatic heterocycles. The third-order valence-electron chi connectivity index (χ3n) is 0.641. The van der Waals surface area contributed by atoms with Gasteiger partial charge < -0.3 is 9.84 Å². The smallest absolute Gasteiger partial charge is 0.374 e. The first kappa shape index (κ1) is 9.04. The molecule has 10 heavy (non-hydrogen) atoms. The lowest BCUT2D eigenvalue weighted by Crippen LogP contribution is -2.11. The normalized spacial score (nSPS) is 11.7. The van der Waals surface area contributed by atoms with Crippen LogP contribution in [0, 0.1) is 0 Å². The molecule has 0 aromatic heterocycles. The second-order valence-corrected chi connectivity index (χ2v) is 1.87. The van der Waals surface area contributed by atoms with Gasteiger partial charge in [-0.25, -0.2) is 4.79 Å². The van der Waals surface area contributed by atoms with E-state index in [1.54, 1.807) is 0 Å². The van der Waals surface area contributed by atoms with Crippen molar-refractivity contribution < 1.29 is 14.6 Å². The van der Waals surface area contributed by atoms with Crippen molar-refractivity contribution in [2.24, 2.45) is 0 Å². The first-order valence-electron chi connectivity index (χ1n) is 2.43. The number of ether oxygens (including phenoxy) is 1. The maximum atomic E-state index is 10.4. The summed E-state index contributed by atoms with van der Waals surface area (Å²) in [4.78, 5) is 10.4. The molecule has 0 spiro atoms. The highest BCUT2D eigenvalue weighted by molar-refractivity contribution is 6.21. The van der Waals surface area contributed by atoms with Crippen molar-refractivity contribution in [2.45, 2.75) is 5.56 Å². The Balaban J connectivity index is 3.79. The zero-order chi connectivity index (χ0) is 8.15. The Hall–Kier alpha value is -0.960. The number of hydrogen-bond donors (Lipinski definition) is 1. The van der Waals surface area contributed by atoms with Gasteiger partial charge in [0.1, 0.15) is 0 Å². The quantitative estimate of drug-likeness (QED) is 0.224. The Morgan fingerprint density at radius 2 is 2.30 bits per heavy atom. The van der Waals surface area contributed by atoms with E-state index in [0.29, 0.717) is 0 Å². The van der Waals surface area contributed by atoms with Crippen LogP contribution in [0.1, 0.15) is 0 Å². The molecule has 0 saturated heterocycles. The van der Waals surface area contributed by atoms with Crippen molar-refractivity contribution in [3.8, 4) is 0 Å². The molecule has 1 N–H and O–H groups in total. The summed E-state index contributed by atoms with van der Waals surface area (Å²) in [7, 11) is 0. The van der Waals surface area contributed by atoms with Gasteiger partial charge in [0, 0.05) is 0 Å². The molecule has 1 atom stereocenters. The Labute approximate surface area is 63.6 Å². The van der Waals surface area contributed by atoms with Crippen LogP contribution >= 0.6 is 11.6 Å². The van der Waals surface area contributed by atoms with Gasteiger partial charge >= 0.3 is 5.97 Å². The summed E-state index contributed by atoms with van der Waals surface area (Å²) in [6.45, 7) is 6.18. The number of hydrogen-bond acceptors (Lipinski definition) is 3. The number of halogens is 1. The van der Waals surface area contributed by atoms with Crippen LogP contribution in [0.5, 0.6) is 0 Å². The predicted octanol–water partition coefficient (Wildman–Crippen LogP) is 1.35. The van der Waals surface area contributed by atoms with Crippen molar-refractivity contribution in [1.82, 2.24) is 0 Å². The molecule has 3 nitrogen and oxygen atoms in total. The Kier molecular flexibility index (Phi) is 3.57. The molecule has 0 aliphatic rings. The van der Waals surface area contributed by atoms with E-state index in [1.807, 2.05) is 0 Å². The van der Waals surface area contributed by atoms with Gasteiger partial charge in [0.05, 0.1) is 0 Å². The van der Waals surface area contributed by atoms with E-state index in [1.165, 1.54) is 6.08 Å². The van der Waals surface area contributed by atoms with Crippen LogP contribution in [0.25, 0.3) is 0 Å². The number of aliphatic hydroxyl groups is 1. The zero-order valence-electron chi connectivity index (χ0n) is 5.21. The number of carbonyl (C=O) groups is 1. The average Bonchev–Trinajstić information content (AvgIpc) is 1.87. The number of carbonyl (C=O) groups excluding carboxylic acids is 1. The molecule has 56 valence electrons. The SMILES string of the molecule is C=CC(Cl)OC(=O)C(=C)O. The monoisotopic (exact) mass is 162 g/mol. The zero-order valence-corrected chi connectivity index (χ0v) is 5.97. The van der Waals surface area contributed by atoms with Gasteiger partial charge in [-0.3, -0.25) is 0 Å². The largest absolute Gasteiger partial charge is 0.502 e. The molecule has 0 aromatic rings. The number of aliphatic hydroxyl groups excluding tert-OH is 1. The highest BCUT2D eigenvalue weighted by atomic mass is 35.5. The van der Waals surface area contributed by atoms with Gasteiger partial charge in [0.2, 0.25) is 0 Å². The molecule has 0 fully saturated rings. The van der Waals surface area contributed by atoms with E-state index in [-0.39, 0.29) is 0 Å². The molecule has 0 saturated carbocycles. The fourth-order valence-corrected chi connectivity index (χ4v) is 0.299. The lowest BCUT2D eigenvalue weighted by molar-refractivity contribution is -0.142. The van der Waals surface area contributed by atoms with E-state index >= 15 is 0 Å². The third kappa shape index (κ3) is 3.14. The van der Waals surface area contributed by atoms with Crippen molar-refractivity contribution in [3.05, 3.63) is 25.0 Å². The van der Waals surface area contributed by atoms with Crippen LogP contribution < -0.4 is 0 Å². The minimum atomic E-state index is -0.945. The van der Waals surface area contributed by atoms with Crippen LogP contribution in [0.3, 0.4) is 0 Å². The average molecular weight is 163 g/mol. The van der Waals surface area contributed by atoms with E-state index in [0.717, 1.165) is 0 Å². The molecule has 0 amide bonds. The van der Waals surface area contributed by atoms with E-state index in [9.17, 15) is 4.79 Å². The number of rotatable bonds is 3. The lowest BCUT2D eigenvalue weighted by Gasteiger charge is -2.03. The maximum Gasteiger partial charge on any atom is 0.374 e. The molecule has 0 radical (unpaired) electrons. The van der Waals surface area contributed by atoms with Gasteiger partial charge in [-0.1, -0.05) is 18.2 Å². The van der Waals surface area contributed by atoms with E-state index in [2.05, 4.69) is 17.9 Å². The Morgan fingerprint density at radius 3 is 2.60 bits per heavy atom. The van der Waals surface area contributed by atoms with Gasteiger partial charge in [-0.15, -0.1) is 0 Å². The molecule has 0 rings (SSSR count). The molecule has 0 aliphatic carbocycles. The van der Waals surface area contributed by atoms with Gasteiger partial charge in [0.25, 0.3) is 0 Å². The first-order valence-corrected chi connectivity index (χ1v) is 2.87. The molecular formula is C6H7ClO3. The second-order valence-electron chi connectivity index (χ2n) is 1.44. The topological polar surface area (TPSA) is 46.5 Å². The molecule has 4 heteroatoms. The summed E-state index contributed by atoms with van der Waals surface area (Å²) in [6, 6.07) is 0. The molecule has 0 bridgehead atoms. The van der Waals surface area contributed by atoms with E-state index in [4.69, 9.17) is 16.7 Å². The summed E-state index contributed by atoms with van der Waals surface area (Å²) in [5.41, 5.74) is -0.920. The fourth-order valence-electron chi connectivity index (χ4n) is 0.218. The molecular weight excluding hydrogens is 156 g/mol. The standard InChI is InChI=1S/C6H7ClO3/c1-3-5(7)10-6(9)4(2)8/h3,5,8H,1-2H2. The first-order chi connectivity index (χ1) is 4.57. The van der Waals surface area contributed by atoms with Gasteiger partial charge in [0.15, 0.2) is 11.3 Å². The van der Waals surface area contributed by atoms with Crippen LogP contribution in [0.15, 0.2) is 25.0 Å². The van der Waals surface area contributed by atoms with E-state index < -0.39 is 17.3 Å². The van der Waals surface area contributed by atoms with Crippen LogP contribution in [-0.4, -0.2) is 16.6 Å². The Bertz CT molecular complexity index is 164. The minimum Gasteiger partial charge on any atom is -0.502 e. The third-order valence-corrected chi connectivity index (χ3v) is 0.908. The molecule has 1 unspecified atom stereocenters. The summed E-state index contributed by atoms with van der Waals surface area (Å²) in [6.07, 6.45) is 1.21. The van der Waals surface area contributed by atoms with Gasteiger partial charge in [-0.2, -0.15) is 0 Å².